The average Bonchev–Trinajstić information content (AvgIpc) is 3.77. The van der Waals surface area contributed by atoms with Crippen LogP contribution < -0.4 is 0 Å². The van der Waals surface area contributed by atoms with Crippen LogP contribution in [0.25, 0.3) is 100 Å². The molecule has 6 nitrogen and oxygen atoms in total. The van der Waals surface area contributed by atoms with Crippen molar-refractivity contribution < 1.29 is 0 Å². The van der Waals surface area contributed by atoms with Gasteiger partial charge < -0.3 is 9.13 Å². The van der Waals surface area contributed by atoms with Gasteiger partial charge in [0.15, 0.2) is 17.5 Å². The Morgan fingerprint density at radius 2 is 0.800 bits per heavy atom. The summed E-state index contributed by atoms with van der Waals surface area (Å²) in [4.78, 5) is 20.6. The van der Waals surface area contributed by atoms with Gasteiger partial charge in [0.25, 0.3) is 0 Å². The Balaban J connectivity index is 1.29. The van der Waals surface area contributed by atoms with Crippen LogP contribution in [0, 0.1) is 27.7 Å². The van der Waals surface area contributed by atoms with Gasteiger partial charge in [-0.05, 0) is 88.4 Å². The normalized spacial score (nSPS) is 11.7. The zero-order valence-corrected chi connectivity index (χ0v) is 33.8. The SMILES string of the molecule is Cc1ccc2c(c1)c1cc(C)ccc1n2-c1ccncc1-c1c(-c2nc(-c3ccccc3)nc(-c3ccccc3)n2)cccc1-n1c2ccc(C)cc2c2cc(C)ccc21. The van der Waals surface area contributed by atoms with Crippen molar-refractivity contribution in [2.24, 2.45) is 0 Å². The van der Waals surface area contributed by atoms with Crippen LogP contribution in [0.2, 0.25) is 0 Å². The highest BCUT2D eigenvalue weighted by Gasteiger charge is 2.25. The first-order chi connectivity index (χ1) is 29.4. The molecule has 0 saturated carbocycles. The summed E-state index contributed by atoms with van der Waals surface area (Å²) in [5.74, 6) is 1.80. The molecule has 0 atom stereocenters. The molecule has 0 unspecified atom stereocenters. The number of hydrogen-bond acceptors (Lipinski definition) is 4. The van der Waals surface area contributed by atoms with Crippen LogP contribution in [0.15, 0.2) is 170 Å². The Morgan fingerprint density at radius 1 is 0.367 bits per heavy atom. The smallest absolute Gasteiger partial charge is 0.164 e. The summed E-state index contributed by atoms with van der Waals surface area (Å²) in [5, 5.41) is 4.86. The lowest BCUT2D eigenvalue weighted by Crippen LogP contribution is -2.06. The summed E-state index contributed by atoms with van der Waals surface area (Å²) >= 11 is 0. The largest absolute Gasteiger partial charge is 0.309 e. The summed E-state index contributed by atoms with van der Waals surface area (Å²) in [5.41, 5.74) is 16.1. The van der Waals surface area contributed by atoms with Crippen LogP contribution in [0.1, 0.15) is 22.3 Å². The van der Waals surface area contributed by atoms with Crippen LogP contribution in [0.4, 0.5) is 0 Å². The van der Waals surface area contributed by atoms with Crippen LogP contribution in [-0.4, -0.2) is 29.1 Å². The van der Waals surface area contributed by atoms with E-state index in [1.165, 1.54) is 43.8 Å². The van der Waals surface area contributed by atoms with Gasteiger partial charge in [-0.15, -0.1) is 0 Å². The summed E-state index contributed by atoms with van der Waals surface area (Å²) in [6.07, 6.45) is 3.91. The van der Waals surface area contributed by atoms with E-state index in [1.54, 1.807) is 0 Å². The van der Waals surface area contributed by atoms with Crippen molar-refractivity contribution in [3.8, 4) is 56.7 Å². The van der Waals surface area contributed by atoms with E-state index >= 15 is 0 Å². The van der Waals surface area contributed by atoms with Gasteiger partial charge in [-0.1, -0.05) is 119 Å². The molecule has 0 N–H and O–H groups in total. The van der Waals surface area contributed by atoms with Crippen molar-refractivity contribution in [2.75, 3.05) is 0 Å². The third-order valence-corrected chi connectivity index (χ3v) is 11.7. The second kappa shape index (κ2) is 14.0. The maximum absolute atomic E-state index is 5.31. The lowest BCUT2D eigenvalue weighted by molar-refractivity contribution is 1.07. The number of pyridine rings is 1. The molecule has 0 spiro atoms. The van der Waals surface area contributed by atoms with E-state index in [0.717, 1.165) is 61.3 Å². The van der Waals surface area contributed by atoms with Gasteiger partial charge in [0, 0.05) is 61.8 Å². The molecule has 11 aromatic rings. The van der Waals surface area contributed by atoms with Crippen molar-refractivity contribution in [1.29, 1.82) is 0 Å². The summed E-state index contributed by atoms with van der Waals surface area (Å²) < 4.78 is 4.81. The molecule has 11 rings (SSSR count). The predicted molar refractivity (Wildman–Crippen MR) is 247 cm³/mol. The first kappa shape index (κ1) is 35.5. The fraction of sp³-hybridized carbons (Fsp3) is 0.0741. The van der Waals surface area contributed by atoms with Gasteiger partial charge in [-0.25, -0.2) is 15.0 Å². The van der Waals surface area contributed by atoms with E-state index in [9.17, 15) is 0 Å². The third-order valence-electron chi connectivity index (χ3n) is 11.7. The maximum atomic E-state index is 5.31. The Labute approximate surface area is 348 Å². The minimum absolute atomic E-state index is 0.579. The molecule has 0 aliphatic carbocycles. The molecule has 6 heteroatoms. The maximum Gasteiger partial charge on any atom is 0.164 e. The second-order valence-corrected chi connectivity index (χ2v) is 15.9. The average molecular weight is 773 g/mol. The van der Waals surface area contributed by atoms with Gasteiger partial charge in [0.1, 0.15) is 0 Å². The van der Waals surface area contributed by atoms with Crippen molar-refractivity contribution in [3.05, 3.63) is 192 Å². The van der Waals surface area contributed by atoms with Crippen LogP contribution in [0.5, 0.6) is 0 Å². The van der Waals surface area contributed by atoms with Crippen LogP contribution in [0.3, 0.4) is 0 Å². The first-order valence-electron chi connectivity index (χ1n) is 20.4. The van der Waals surface area contributed by atoms with Gasteiger partial charge in [0.05, 0.1) is 33.4 Å². The second-order valence-electron chi connectivity index (χ2n) is 15.9. The molecule has 4 heterocycles. The van der Waals surface area contributed by atoms with E-state index in [2.05, 4.69) is 158 Å². The predicted octanol–water partition coefficient (Wildman–Crippen LogP) is 13.4. The summed E-state index contributed by atoms with van der Waals surface area (Å²) in [6, 6.07) is 56.0. The summed E-state index contributed by atoms with van der Waals surface area (Å²) in [6.45, 7) is 8.65. The Bertz CT molecular complexity index is 3290. The zero-order valence-electron chi connectivity index (χ0n) is 33.8. The highest BCUT2D eigenvalue weighted by Crippen LogP contribution is 2.44. The van der Waals surface area contributed by atoms with Crippen molar-refractivity contribution in [3.63, 3.8) is 0 Å². The van der Waals surface area contributed by atoms with Crippen molar-refractivity contribution in [1.82, 2.24) is 29.1 Å². The van der Waals surface area contributed by atoms with E-state index in [4.69, 9.17) is 19.9 Å². The topological polar surface area (TPSA) is 61.4 Å². The number of hydrogen-bond donors (Lipinski definition) is 0. The third kappa shape index (κ3) is 5.79. The highest BCUT2D eigenvalue weighted by atomic mass is 15.0. The number of aromatic nitrogens is 6. The molecule has 0 bridgehead atoms. The Morgan fingerprint density at radius 3 is 1.27 bits per heavy atom. The number of fused-ring (bicyclic) bond motifs is 6. The van der Waals surface area contributed by atoms with Crippen molar-refractivity contribution in [2.45, 2.75) is 27.7 Å². The molecular formula is C54H40N6. The van der Waals surface area contributed by atoms with Gasteiger partial charge in [0.2, 0.25) is 0 Å². The standard InChI is InChI=1S/C54H40N6/c1-33-18-22-45-40(28-33)41-29-34(2)19-23-46(41)59(45)49-26-27-55-32-44(49)51-39(54-57-52(37-12-7-5-8-13-37)56-53(58-54)38-14-9-6-10-15-38)16-11-17-50(51)60-47-24-20-35(3)30-42(47)43-31-36(4)21-25-48(43)60/h5-32H,1-4H3. The van der Waals surface area contributed by atoms with Crippen LogP contribution >= 0.6 is 0 Å². The number of aryl methyl sites for hydroxylation is 4. The summed E-state index contributed by atoms with van der Waals surface area (Å²) in [7, 11) is 0. The number of rotatable bonds is 6. The van der Waals surface area contributed by atoms with E-state index in [-0.39, 0.29) is 0 Å². The van der Waals surface area contributed by atoms with Gasteiger partial charge in [-0.3, -0.25) is 4.98 Å². The molecule has 0 amide bonds. The quantitative estimate of drug-likeness (QED) is 0.169. The lowest BCUT2D eigenvalue weighted by atomic mass is 9.96. The minimum Gasteiger partial charge on any atom is -0.309 e. The Hall–Kier alpha value is -7.70. The van der Waals surface area contributed by atoms with E-state index in [1.807, 2.05) is 48.8 Å². The molecule has 0 aliphatic heterocycles. The molecule has 286 valence electrons. The molecule has 0 aliphatic rings. The van der Waals surface area contributed by atoms with Gasteiger partial charge >= 0.3 is 0 Å². The van der Waals surface area contributed by atoms with E-state index < -0.39 is 0 Å². The highest BCUT2D eigenvalue weighted by molar-refractivity contribution is 6.12. The molecule has 0 fully saturated rings. The Kier molecular flexibility index (Phi) is 8.27. The first-order valence-corrected chi connectivity index (χ1v) is 20.4. The molecule has 0 radical (unpaired) electrons. The van der Waals surface area contributed by atoms with Crippen LogP contribution in [-0.2, 0) is 0 Å². The number of benzene rings is 7. The fourth-order valence-corrected chi connectivity index (χ4v) is 8.92. The zero-order chi connectivity index (χ0) is 40.5. The van der Waals surface area contributed by atoms with E-state index in [0.29, 0.717) is 17.5 Å². The van der Waals surface area contributed by atoms with Crippen molar-refractivity contribution >= 4 is 43.6 Å². The van der Waals surface area contributed by atoms with Gasteiger partial charge in [-0.2, -0.15) is 0 Å². The number of nitrogens with zero attached hydrogens (tertiary/aromatic N) is 6. The molecular weight excluding hydrogens is 733 g/mol. The molecule has 4 aromatic heterocycles. The minimum atomic E-state index is 0.579. The monoisotopic (exact) mass is 772 g/mol. The molecule has 60 heavy (non-hydrogen) atoms. The molecule has 0 saturated heterocycles. The lowest BCUT2D eigenvalue weighted by Gasteiger charge is -2.21. The fourth-order valence-electron chi connectivity index (χ4n) is 8.92. The molecule has 7 aromatic carbocycles.